The first-order chi connectivity index (χ1) is 22.1. The molecule has 3 nitrogen and oxygen atoms in total. The summed E-state index contributed by atoms with van der Waals surface area (Å²) >= 11 is 0. The topological polar surface area (TPSA) is 30.2 Å². The summed E-state index contributed by atoms with van der Waals surface area (Å²) in [6, 6.07) is 44.3. The smallest absolute Gasteiger partial charge is 0.0979 e. The molecule has 0 atom stereocenters. The number of para-hydroxylation sites is 2. The first-order valence-corrected chi connectivity index (χ1v) is 15.5. The van der Waals surface area contributed by atoms with Gasteiger partial charge in [-0.3, -0.25) is 4.98 Å². The molecule has 3 aromatic heterocycles. The van der Waals surface area contributed by atoms with Crippen LogP contribution in [0.3, 0.4) is 0 Å². The number of rotatable bonds is 2. The van der Waals surface area contributed by atoms with Gasteiger partial charge in [-0.15, -0.1) is 0 Å². The van der Waals surface area contributed by atoms with Crippen molar-refractivity contribution < 1.29 is 0 Å². The maximum absolute atomic E-state index is 5.30. The van der Waals surface area contributed by atoms with Crippen molar-refractivity contribution in [3.05, 3.63) is 139 Å². The van der Waals surface area contributed by atoms with Crippen LogP contribution in [-0.4, -0.2) is 14.4 Å². The minimum Gasteiger partial charge on any atom is -0.308 e. The summed E-state index contributed by atoms with van der Waals surface area (Å²) in [6.07, 6.45) is 1.94. The van der Waals surface area contributed by atoms with Gasteiger partial charge in [-0.2, -0.15) is 0 Å². The molecule has 0 unspecified atom stereocenters. The predicted molar refractivity (Wildman–Crippen MR) is 190 cm³/mol. The molecule has 7 aromatic carbocycles. The Morgan fingerprint density at radius 1 is 0.444 bits per heavy atom. The molecule has 0 amide bonds. The molecule has 0 bridgehead atoms. The van der Waals surface area contributed by atoms with Crippen molar-refractivity contribution >= 4 is 70.7 Å². The third-order valence-electron chi connectivity index (χ3n) is 9.64. The maximum atomic E-state index is 5.30. The number of nitrogens with zero attached hydrogens (tertiary/aromatic N) is 3. The van der Waals surface area contributed by atoms with Crippen molar-refractivity contribution in [2.45, 2.75) is 13.8 Å². The van der Waals surface area contributed by atoms with E-state index in [0.717, 1.165) is 33.1 Å². The molecule has 45 heavy (non-hydrogen) atoms. The Morgan fingerprint density at radius 3 is 1.91 bits per heavy atom. The molecule has 0 saturated heterocycles. The van der Waals surface area contributed by atoms with Gasteiger partial charge in [0.1, 0.15) is 0 Å². The first-order valence-electron chi connectivity index (χ1n) is 15.5. The van der Waals surface area contributed by atoms with Crippen LogP contribution >= 0.6 is 0 Å². The lowest BCUT2D eigenvalue weighted by Gasteiger charge is -2.12. The van der Waals surface area contributed by atoms with Crippen LogP contribution in [0.25, 0.3) is 93.1 Å². The molecule has 0 aliphatic heterocycles. The van der Waals surface area contributed by atoms with E-state index in [9.17, 15) is 0 Å². The van der Waals surface area contributed by atoms with Crippen LogP contribution in [-0.2, 0) is 0 Å². The quantitative estimate of drug-likeness (QED) is 0.193. The Morgan fingerprint density at radius 2 is 1.09 bits per heavy atom. The van der Waals surface area contributed by atoms with Crippen molar-refractivity contribution in [2.24, 2.45) is 0 Å². The number of aryl methyl sites for hydroxylation is 2. The van der Waals surface area contributed by atoms with E-state index >= 15 is 0 Å². The molecule has 10 rings (SSSR count). The van der Waals surface area contributed by atoms with Crippen LogP contribution < -0.4 is 0 Å². The molecule has 3 heterocycles. The summed E-state index contributed by atoms with van der Waals surface area (Å²) in [5.41, 5.74) is 12.5. The lowest BCUT2D eigenvalue weighted by Crippen LogP contribution is -1.93. The Balaban J connectivity index is 1.16. The summed E-state index contributed by atoms with van der Waals surface area (Å²) in [7, 11) is 0. The molecule has 10 aromatic rings. The Kier molecular flexibility index (Phi) is 4.85. The lowest BCUT2D eigenvalue weighted by atomic mass is 9.96. The van der Waals surface area contributed by atoms with Gasteiger partial charge in [0.05, 0.1) is 39.5 Å². The van der Waals surface area contributed by atoms with Crippen LogP contribution in [0.1, 0.15) is 11.1 Å². The first kappa shape index (κ1) is 24.6. The van der Waals surface area contributed by atoms with Crippen molar-refractivity contribution in [2.75, 3.05) is 0 Å². The highest BCUT2D eigenvalue weighted by Gasteiger charge is 2.18. The van der Waals surface area contributed by atoms with E-state index in [4.69, 9.17) is 9.97 Å². The van der Waals surface area contributed by atoms with Crippen molar-refractivity contribution in [1.82, 2.24) is 14.4 Å². The third-order valence-corrected chi connectivity index (χ3v) is 9.64. The number of fused-ring (bicyclic) bond motifs is 12. The summed E-state index contributed by atoms with van der Waals surface area (Å²) in [4.78, 5) is 10.4. The SMILES string of the molecule is Cc1ccc2c3ccc(C)cc3c3nc(-c4cccc(-c5ccc6c(c5)c5cccc7c8ccccc8n6c75)c4)cnc3c2c1. The summed E-state index contributed by atoms with van der Waals surface area (Å²) < 4.78 is 2.43. The lowest BCUT2D eigenvalue weighted by molar-refractivity contribution is 1.31. The van der Waals surface area contributed by atoms with Crippen LogP contribution in [0, 0.1) is 13.8 Å². The molecule has 0 spiro atoms. The van der Waals surface area contributed by atoms with Gasteiger partial charge in [0.2, 0.25) is 0 Å². The fraction of sp³-hybridized carbons (Fsp3) is 0.0476. The molecule has 0 aliphatic carbocycles. The van der Waals surface area contributed by atoms with Crippen LogP contribution in [0.15, 0.2) is 128 Å². The molecule has 3 heteroatoms. The average molecular weight is 574 g/mol. The Labute approximate surface area is 259 Å². The normalized spacial score (nSPS) is 12.2. The van der Waals surface area contributed by atoms with Gasteiger partial charge in [0.25, 0.3) is 0 Å². The Bertz CT molecular complexity index is 2840. The molecular formula is C42H27N3. The number of benzene rings is 7. The van der Waals surface area contributed by atoms with Crippen molar-refractivity contribution in [3.8, 4) is 22.4 Å². The van der Waals surface area contributed by atoms with Gasteiger partial charge in [0, 0.05) is 37.9 Å². The molecular weight excluding hydrogens is 546 g/mol. The molecule has 0 fully saturated rings. The zero-order valence-electron chi connectivity index (χ0n) is 25.0. The average Bonchev–Trinajstić information content (AvgIpc) is 3.60. The predicted octanol–water partition coefficient (Wildman–Crippen LogP) is 11.0. The van der Waals surface area contributed by atoms with Gasteiger partial charge in [-0.1, -0.05) is 96.1 Å². The van der Waals surface area contributed by atoms with E-state index in [0.29, 0.717) is 0 Å². The van der Waals surface area contributed by atoms with E-state index in [1.54, 1.807) is 0 Å². The maximum Gasteiger partial charge on any atom is 0.0979 e. The monoisotopic (exact) mass is 573 g/mol. The second kappa shape index (κ2) is 8.87. The standard InChI is InChI=1S/C42H27N3/c1-24-13-16-29-30-17-14-25(2)20-36(30)41-40(35(29)19-24)43-23-37(44-41)28-8-5-7-26(21-28)27-15-18-39-34(22-27)33-11-6-10-32-31-9-3-4-12-38(31)45(39)42(32)33/h3-23H,1-2H3. The van der Waals surface area contributed by atoms with Gasteiger partial charge in [0.15, 0.2) is 0 Å². The van der Waals surface area contributed by atoms with Crippen LogP contribution in [0.2, 0.25) is 0 Å². The second-order valence-corrected chi connectivity index (χ2v) is 12.4. The van der Waals surface area contributed by atoms with Gasteiger partial charge in [-0.25, -0.2) is 4.98 Å². The summed E-state index contributed by atoms with van der Waals surface area (Å²) in [5.74, 6) is 0. The molecule has 0 saturated carbocycles. The minimum atomic E-state index is 0.882. The number of hydrogen-bond donors (Lipinski definition) is 0. The zero-order valence-corrected chi connectivity index (χ0v) is 25.0. The molecule has 0 aliphatic rings. The summed E-state index contributed by atoms with van der Waals surface area (Å²) in [6.45, 7) is 4.28. The van der Waals surface area contributed by atoms with Crippen LogP contribution in [0.5, 0.6) is 0 Å². The van der Waals surface area contributed by atoms with E-state index in [-0.39, 0.29) is 0 Å². The fourth-order valence-corrected chi connectivity index (χ4v) is 7.56. The molecule has 0 N–H and O–H groups in total. The second-order valence-electron chi connectivity index (χ2n) is 12.4. The summed E-state index contributed by atoms with van der Waals surface area (Å²) in [5, 5.41) is 9.92. The molecule has 210 valence electrons. The number of aromatic nitrogens is 3. The zero-order chi connectivity index (χ0) is 29.8. The largest absolute Gasteiger partial charge is 0.308 e. The van der Waals surface area contributed by atoms with E-state index < -0.39 is 0 Å². The fourth-order valence-electron chi connectivity index (χ4n) is 7.56. The van der Waals surface area contributed by atoms with Crippen molar-refractivity contribution in [3.63, 3.8) is 0 Å². The number of hydrogen-bond acceptors (Lipinski definition) is 2. The minimum absolute atomic E-state index is 0.882. The van der Waals surface area contributed by atoms with E-state index in [1.165, 1.54) is 71.1 Å². The van der Waals surface area contributed by atoms with Crippen LogP contribution in [0.4, 0.5) is 0 Å². The highest BCUT2D eigenvalue weighted by atomic mass is 14.9. The highest BCUT2D eigenvalue weighted by Crippen LogP contribution is 2.41. The van der Waals surface area contributed by atoms with Gasteiger partial charge >= 0.3 is 0 Å². The molecule has 0 radical (unpaired) electrons. The van der Waals surface area contributed by atoms with Crippen molar-refractivity contribution in [1.29, 1.82) is 0 Å². The third kappa shape index (κ3) is 3.41. The van der Waals surface area contributed by atoms with Gasteiger partial charge in [-0.05, 0) is 72.1 Å². The van der Waals surface area contributed by atoms with E-state index in [2.05, 4.69) is 140 Å². The highest BCUT2D eigenvalue weighted by molar-refractivity contribution is 6.24. The van der Waals surface area contributed by atoms with E-state index in [1.807, 2.05) is 6.20 Å². The van der Waals surface area contributed by atoms with Gasteiger partial charge < -0.3 is 4.40 Å². The Hall–Kier alpha value is -5.80.